The second kappa shape index (κ2) is 5.65. The smallest absolute Gasteiger partial charge is 0.410 e. The lowest BCUT2D eigenvalue weighted by atomic mass is 10.0. The summed E-state index contributed by atoms with van der Waals surface area (Å²) in [5.74, 6) is -0.118. The van der Waals surface area contributed by atoms with E-state index in [9.17, 15) is 9.59 Å². The van der Waals surface area contributed by atoms with Gasteiger partial charge in [-0.1, -0.05) is 30.3 Å². The van der Waals surface area contributed by atoms with Crippen LogP contribution in [-0.2, 0) is 9.53 Å². The van der Waals surface area contributed by atoms with Crippen molar-refractivity contribution in [1.82, 2.24) is 4.90 Å². The van der Waals surface area contributed by atoms with E-state index in [0.29, 0.717) is 13.0 Å². The fraction of sp³-hybridized carbons (Fsp3) is 0.500. The zero-order valence-electron chi connectivity index (χ0n) is 12.2. The third-order valence-corrected chi connectivity index (χ3v) is 3.34. The molecular formula is C16H21NO3. The van der Waals surface area contributed by atoms with E-state index in [1.807, 2.05) is 51.1 Å². The number of benzene rings is 1. The average molecular weight is 275 g/mol. The van der Waals surface area contributed by atoms with Gasteiger partial charge >= 0.3 is 6.09 Å². The van der Waals surface area contributed by atoms with Gasteiger partial charge in [0, 0.05) is 12.5 Å². The summed E-state index contributed by atoms with van der Waals surface area (Å²) in [5, 5.41) is 0. The van der Waals surface area contributed by atoms with Crippen LogP contribution in [0.2, 0.25) is 0 Å². The van der Waals surface area contributed by atoms with Crippen LogP contribution in [0.4, 0.5) is 4.79 Å². The van der Waals surface area contributed by atoms with Crippen molar-refractivity contribution in [3.8, 4) is 0 Å². The van der Waals surface area contributed by atoms with E-state index in [-0.39, 0.29) is 18.1 Å². The molecule has 1 fully saturated rings. The molecule has 1 aliphatic heterocycles. The third-order valence-electron chi connectivity index (χ3n) is 3.34. The first-order chi connectivity index (χ1) is 9.40. The number of rotatable bonds is 2. The van der Waals surface area contributed by atoms with Crippen molar-refractivity contribution in [3.63, 3.8) is 0 Å². The van der Waals surface area contributed by atoms with Crippen molar-refractivity contribution in [1.29, 1.82) is 0 Å². The lowest BCUT2D eigenvalue weighted by Gasteiger charge is -2.28. The fourth-order valence-corrected chi connectivity index (χ4v) is 2.48. The van der Waals surface area contributed by atoms with Gasteiger partial charge in [-0.3, -0.25) is 0 Å². The summed E-state index contributed by atoms with van der Waals surface area (Å²) in [6, 6.07) is 9.70. The van der Waals surface area contributed by atoms with E-state index in [1.54, 1.807) is 4.90 Å². The third kappa shape index (κ3) is 3.38. The normalized spacial score (nSPS) is 22.6. The Labute approximate surface area is 119 Å². The SMILES string of the molecule is CC(C)(C)OC(=O)N1CC(C=O)CC1c1ccccc1. The van der Waals surface area contributed by atoms with Gasteiger partial charge in [-0.25, -0.2) is 4.79 Å². The van der Waals surface area contributed by atoms with Gasteiger partial charge in [0.25, 0.3) is 0 Å². The van der Waals surface area contributed by atoms with E-state index in [4.69, 9.17) is 4.74 Å². The molecule has 108 valence electrons. The molecule has 1 aliphatic rings. The van der Waals surface area contributed by atoms with Gasteiger partial charge in [0.1, 0.15) is 11.9 Å². The Morgan fingerprint density at radius 1 is 1.30 bits per heavy atom. The Kier molecular flexibility index (Phi) is 4.12. The highest BCUT2D eigenvalue weighted by atomic mass is 16.6. The van der Waals surface area contributed by atoms with Gasteiger partial charge in [-0.2, -0.15) is 0 Å². The fourth-order valence-electron chi connectivity index (χ4n) is 2.48. The molecule has 1 saturated heterocycles. The van der Waals surface area contributed by atoms with Crippen LogP contribution in [0, 0.1) is 5.92 Å². The van der Waals surface area contributed by atoms with Crippen LogP contribution in [-0.4, -0.2) is 29.4 Å². The van der Waals surface area contributed by atoms with E-state index in [0.717, 1.165) is 11.8 Å². The van der Waals surface area contributed by atoms with Crippen LogP contribution in [0.1, 0.15) is 38.8 Å². The molecule has 1 heterocycles. The highest BCUT2D eigenvalue weighted by Gasteiger charge is 2.38. The largest absolute Gasteiger partial charge is 0.444 e. The van der Waals surface area contributed by atoms with Crippen molar-refractivity contribution in [2.75, 3.05) is 6.54 Å². The Hall–Kier alpha value is -1.84. The van der Waals surface area contributed by atoms with Crippen LogP contribution in [0.15, 0.2) is 30.3 Å². The number of aldehydes is 1. The molecule has 0 aliphatic carbocycles. The summed E-state index contributed by atoms with van der Waals surface area (Å²) < 4.78 is 5.44. The van der Waals surface area contributed by atoms with Crippen molar-refractivity contribution in [2.24, 2.45) is 5.92 Å². The van der Waals surface area contributed by atoms with Gasteiger partial charge in [0.05, 0.1) is 6.04 Å². The summed E-state index contributed by atoms with van der Waals surface area (Å²) in [5.41, 5.74) is 0.514. The van der Waals surface area contributed by atoms with Crippen molar-refractivity contribution in [2.45, 2.75) is 38.8 Å². The predicted octanol–water partition coefficient (Wildman–Crippen LogP) is 3.18. The van der Waals surface area contributed by atoms with Crippen LogP contribution >= 0.6 is 0 Å². The lowest BCUT2D eigenvalue weighted by molar-refractivity contribution is -0.110. The molecule has 0 spiro atoms. The maximum absolute atomic E-state index is 12.3. The zero-order valence-corrected chi connectivity index (χ0v) is 12.2. The zero-order chi connectivity index (χ0) is 14.8. The number of likely N-dealkylation sites (tertiary alicyclic amines) is 1. The Balaban J connectivity index is 2.20. The highest BCUT2D eigenvalue weighted by molar-refractivity contribution is 5.71. The number of hydrogen-bond acceptors (Lipinski definition) is 3. The van der Waals surface area contributed by atoms with E-state index >= 15 is 0 Å². The van der Waals surface area contributed by atoms with Crippen LogP contribution < -0.4 is 0 Å². The first-order valence-electron chi connectivity index (χ1n) is 6.90. The first kappa shape index (κ1) is 14.6. The highest BCUT2D eigenvalue weighted by Crippen LogP contribution is 2.35. The van der Waals surface area contributed by atoms with Crippen molar-refractivity contribution < 1.29 is 14.3 Å². The molecule has 1 aromatic rings. The van der Waals surface area contributed by atoms with Crippen LogP contribution in [0.5, 0.6) is 0 Å². The molecule has 2 atom stereocenters. The van der Waals surface area contributed by atoms with Gasteiger partial charge in [-0.15, -0.1) is 0 Å². The summed E-state index contributed by atoms with van der Waals surface area (Å²) in [6.07, 6.45) is 1.24. The average Bonchev–Trinajstić information content (AvgIpc) is 2.82. The number of hydrogen-bond donors (Lipinski definition) is 0. The molecule has 0 bridgehead atoms. The second-order valence-corrected chi connectivity index (χ2v) is 6.19. The lowest BCUT2D eigenvalue weighted by Crippen LogP contribution is -2.36. The van der Waals surface area contributed by atoms with Crippen molar-refractivity contribution >= 4 is 12.4 Å². The molecule has 2 rings (SSSR count). The minimum Gasteiger partial charge on any atom is -0.444 e. The first-order valence-corrected chi connectivity index (χ1v) is 6.90. The topological polar surface area (TPSA) is 46.6 Å². The number of ether oxygens (including phenoxy) is 1. The molecular weight excluding hydrogens is 254 g/mol. The maximum atomic E-state index is 12.3. The van der Waals surface area contributed by atoms with Crippen LogP contribution in [0.3, 0.4) is 0 Å². The molecule has 2 unspecified atom stereocenters. The minimum absolute atomic E-state index is 0.0822. The molecule has 0 N–H and O–H groups in total. The Morgan fingerprint density at radius 3 is 2.50 bits per heavy atom. The summed E-state index contributed by atoms with van der Waals surface area (Å²) in [4.78, 5) is 25.0. The molecule has 1 aromatic carbocycles. The number of carbonyl (C=O) groups excluding carboxylic acids is 2. The Morgan fingerprint density at radius 2 is 1.95 bits per heavy atom. The molecule has 0 radical (unpaired) electrons. The van der Waals surface area contributed by atoms with E-state index in [1.165, 1.54) is 0 Å². The van der Waals surface area contributed by atoms with Gasteiger partial charge in [0.15, 0.2) is 0 Å². The number of nitrogens with zero attached hydrogens (tertiary/aromatic N) is 1. The molecule has 0 saturated carbocycles. The summed E-state index contributed by atoms with van der Waals surface area (Å²) in [7, 11) is 0. The van der Waals surface area contributed by atoms with Crippen LogP contribution in [0.25, 0.3) is 0 Å². The molecule has 0 aromatic heterocycles. The summed E-state index contributed by atoms with van der Waals surface area (Å²) >= 11 is 0. The monoisotopic (exact) mass is 275 g/mol. The Bertz CT molecular complexity index is 478. The molecule has 4 heteroatoms. The van der Waals surface area contributed by atoms with Crippen molar-refractivity contribution in [3.05, 3.63) is 35.9 Å². The predicted molar refractivity (Wildman–Crippen MR) is 76.3 cm³/mol. The van der Waals surface area contributed by atoms with E-state index in [2.05, 4.69) is 0 Å². The number of carbonyl (C=O) groups is 2. The molecule has 20 heavy (non-hydrogen) atoms. The van der Waals surface area contributed by atoms with Gasteiger partial charge in [-0.05, 0) is 32.8 Å². The van der Waals surface area contributed by atoms with Gasteiger partial charge in [0.2, 0.25) is 0 Å². The standard InChI is InChI=1S/C16H21NO3/c1-16(2,3)20-15(19)17-10-12(11-18)9-14(17)13-7-5-4-6-8-13/h4-8,11-12,14H,9-10H2,1-3H3. The van der Waals surface area contributed by atoms with Gasteiger partial charge < -0.3 is 14.4 Å². The maximum Gasteiger partial charge on any atom is 0.410 e. The molecule has 1 amide bonds. The number of amides is 1. The minimum atomic E-state index is -0.530. The van der Waals surface area contributed by atoms with E-state index < -0.39 is 5.60 Å². The molecule has 4 nitrogen and oxygen atoms in total. The summed E-state index contributed by atoms with van der Waals surface area (Å²) in [6.45, 7) is 5.96. The quantitative estimate of drug-likeness (QED) is 0.779. The second-order valence-electron chi connectivity index (χ2n) is 6.19.